The first kappa shape index (κ1) is 12.0. The monoisotopic (exact) mass is 286 g/mol. The van der Waals surface area contributed by atoms with Gasteiger partial charge in [-0.1, -0.05) is 0 Å². The van der Waals surface area contributed by atoms with Gasteiger partial charge in [0.15, 0.2) is 5.69 Å². The predicted molar refractivity (Wildman–Crippen MR) is 47.3 cm³/mol. The molecule has 0 bridgehead atoms. The van der Waals surface area contributed by atoms with Crippen LogP contribution in [0.4, 0.5) is 13.2 Å². The van der Waals surface area contributed by atoms with Gasteiger partial charge < -0.3 is 5.11 Å². The van der Waals surface area contributed by atoms with Crippen molar-refractivity contribution in [1.29, 1.82) is 0 Å². The molecular weight excluding hydrogens is 281 g/mol. The second-order valence-corrected chi connectivity index (χ2v) is 3.67. The summed E-state index contributed by atoms with van der Waals surface area (Å²) in [4.78, 5) is 10.5. The molecule has 0 saturated heterocycles. The van der Waals surface area contributed by atoms with E-state index < -0.39 is 23.9 Å². The Morgan fingerprint density at radius 1 is 1.67 bits per heavy atom. The third-order valence-corrected chi connectivity index (χ3v) is 2.29. The van der Waals surface area contributed by atoms with E-state index in [0.29, 0.717) is 0 Å². The minimum Gasteiger partial charge on any atom is -0.480 e. The molecule has 0 aliphatic rings. The molecule has 4 nitrogen and oxygen atoms in total. The van der Waals surface area contributed by atoms with Crippen molar-refractivity contribution in [3.63, 3.8) is 0 Å². The van der Waals surface area contributed by atoms with Gasteiger partial charge in [-0.3, -0.25) is 4.68 Å². The number of carboxylic acids is 1. The van der Waals surface area contributed by atoms with Gasteiger partial charge in [-0.2, -0.15) is 18.3 Å². The van der Waals surface area contributed by atoms with Crippen LogP contribution in [0.3, 0.4) is 0 Å². The van der Waals surface area contributed by atoms with Crippen LogP contribution in [0, 0.1) is 0 Å². The summed E-state index contributed by atoms with van der Waals surface area (Å²) in [6.07, 6.45) is -3.61. The van der Waals surface area contributed by atoms with Crippen LogP contribution in [0.2, 0.25) is 0 Å². The second-order valence-electron chi connectivity index (χ2n) is 2.82. The number of hydrogen-bond acceptors (Lipinski definition) is 2. The highest BCUT2D eigenvalue weighted by Gasteiger charge is 2.37. The fraction of sp³-hybridized carbons (Fsp3) is 0.429. The van der Waals surface area contributed by atoms with E-state index >= 15 is 0 Å². The van der Waals surface area contributed by atoms with Crippen LogP contribution in [0.1, 0.15) is 18.7 Å². The summed E-state index contributed by atoms with van der Waals surface area (Å²) in [5.74, 6) is -1.25. The fourth-order valence-corrected chi connectivity index (χ4v) is 1.39. The molecule has 0 radical (unpaired) electrons. The first-order chi connectivity index (χ1) is 6.73. The minimum atomic E-state index is -4.59. The maximum Gasteiger partial charge on any atom is 0.436 e. The maximum atomic E-state index is 12.3. The van der Waals surface area contributed by atoms with E-state index in [1.165, 1.54) is 6.92 Å². The van der Waals surface area contributed by atoms with Crippen LogP contribution in [0.5, 0.6) is 0 Å². The summed E-state index contributed by atoms with van der Waals surface area (Å²) < 4.78 is 37.3. The molecule has 1 rings (SSSR count). The number of hydrogen-bond donors (Lipinski definition) is 1. The summed E-state index contributed by atoms with van der Waals surface area (Å²) in [6.45, 7) is 1.24. The van der Waals surface area contributed by atoms with Gasteiger partial charge in [0.05, 0.1) is 4.47 Å². The van der Waals surface area contributed by atoms with Gasteiger partial charge in [-0.05, 0) is 22.9 Å². The number of nitrogens with zero attached hydrogens (tertiary/aromatic N) is 2. The Morgan fingerprint density at radius 3 is 2.53 bits per heavy atom. The Balaban J connectivity index is 3.11. The molecule has 0 spiro atoms. The average molecular weight is 287 g/mol. The molecule has 15 heavy (non-hydrogen) atoms. The van der Waals surface area contributed by atoms with E-state index in [1.54, 1.807) is 0 Å². The van der Waals surface area contributed by atoms with Crippen molar-refractivity contribution in [2.75, 3.05) is 0 Å². The van der Waals surface area contributed by atoms with Gasteiger partial charge >= 0.3 is 12.1 Å². The van der Waals surface area contributed by atoms with E-state index in [4.69, 9.17) is 5.11 Å². The fourth-order valence-electron chi connectivity index (χ4n) is 0.873. The predicted octanol–water partition coefficient (Wildman–Crippen LogP) is 2.31. The number of rotatable bonds is 2. The second kappa shape index (κ2) is 3.84. The number of aliphatic carboxylic acids is 1. The van der Waals surface area contributed by atoms with E-state index in [0.717, 1.165) is 10.9 Å². The van der Waals surface area contributed by atoms with E-state index in [-0.39, 0.29) is 4.47 Å². The summed E-state index contributed by atoms with van der Waals surface area (Å²) >= 11 is 2.67. The molecule has 1 aromatic heterocycles. The Hall–Kier alpha value is -1.05. The van der Waals surface area contributed by atoms with Gasteiger partial charge in [0.2, 0.25) is 0 Å². The van der Waals surface area contributed by atoms with Gasteiger partial charge in [0.1, 0.15) is 6.04 Å². The van der Waals surface area contributed by atoms with Gasteiger partial charge in [-0.15, -0.1) is 0 Å². The highest BCUT2D eigenvalue weighted by Crippen LogP contribution is 2.33. The first-order valence-electron chi connectivity index (χ1n) is 3.78. The van der Waals surface area contributed by atoms with Crippen molar-refractivity contribution in [3.05, 3.63) is 16.4 Å². The lowest BCUT2D eigenvalue weighted by Crippen LogP contribution is -2.17. The van der Waals surface area contributed by atoms with Gasteiger partial charge in [-0.25, -0.2) is 4.79 Å². The topological polar surface area (TPSA) is 55.1 Å². The summed E-state index contributed by atoms with van der Waals surface area (Å²) in [5, 5.41) is 11.7. The van der Waals surface area contributed by atoms with Crippen LogP contribution in [-0.4, -0.2) is 20.9 Å². The van der Waals surface area contributed by atoms with Crippen molar-refractivity contribution in [1.82, 2.24) is 9.78 Å². The lowest BCUT2D eigenvalue weighted by atomic mass is 10.4. The normalized spacial score (nSPS) is 13.9. The highest BCUT2D eigenvalue weighted by molar-refractivity contribution is 9.10. The molecule has 0 aliphatic heterocycles. The van der Waals surface area contributed by atoms with Crippen LogP contribution in [0.25, 0.3) is 0 Å². The van der Waals surface area contributed by atoms with Crippen molar-refractivity contribution < 1.29 is 23.1 Å². The van der Waals surface area contributed by atoms with Gasteiger partial charge in [0, 0.05) is 6.20 Å². The summed E-state index contributed by atoms with van der Waals surface area (Å²) in [7, 11) is 0. The molecule has 0 amide bonds. The molecule has 0 saturated carbocycles. The molecule has 0 fully saturated rings. The molecule has 1 heterocycles. The molecule has 1 N–H and O–H groups in total. The van der Waals surface area contributed by atoms with Gasteiger partial charge in [0.25, 0.3) is 0 Å². The molecule has 0 unspecified atom stereocenters. The highest BCUT2D eigenvalue weighted by atomic mass is 79.9. The SMILES string of the molecule is C[C@@H](C(=O)O)n1cc(Br)c(C(F)(F)F)n1. The zero-order valence-electron chi connectivity index (χ0n) is 7.42. The van der Waals surface area contributed by atoms with Crippen molar-refractivity contribution >= 4 is 21.9 Å². The van der Waals surface area contributed by atoms with Crippen molar-refractivity contribution in [2.45, 2.75) is 19.1 Å². The molecule has 8 heteroatoms. The van der Waals surface area contributed by atoms with Crippen molar-refractivity contribution in [3.8, 4) is 0 Å². The average Bonchev–Trinajstić information content (AvgIpc) is 2.44. The number of carboxylic acid groups (broad SMARTS) is 1. The summed E-state index contributed by atoms with van der Waals surface area (Å²) in [6, 6.07) is -1.14. The Bertz CT molecular complexity index is 388. The number of alkyl halides is 3. The minimum absolute atomic E-state index is 0.275. The molecule has 1 atom stereocenters. The summed E-state index contributed by atoms with van der Waals surface area (Å²) in [5.41, 5.74) is -1.13. The van der Waals surface area contributed by atoms with Crippen LogP contribution >= 0.6 is 15.9 Å². The largest absolute Gasteiger partial charge is 0.480 e. The lowest BCUT2D eigenvalue weighted by molar-refractivity contribution is -0.144. The number of carbonyl (C=O) groups is 1. The van der Waals surface area contributed by atoms with Crippen LogP contribution < -0.4 is 0 Å². The lowest BCUT2D eigenvalue weighted by Gasteiger charge is -2.06. The van der Waals surface area contributed by atoms with E-state index in [1.807, 2.05) is 0 Å². The molecule has 0 aromatic carbocycles. The number of halogens is 4. The Kier molecular flexibility index (Phi) is 3.08. The van der Waals surface area contributed by atoms with Crippen LogP contribution in [-0.2, 0) is 11.0 Å². The van der Waals surface area contributed by atoms with E-state index in [9.17, 15) is 18.0 Å². The first-order valence-corrected chi connectivity index (χ1v) is 4.57. The number of aromatic nitrogens is 2. The molecule has 1 aromatic rings. The molecule has 0 aliphatic carbocycles. The standard InChI is InChI=1S/C7H6BrF3N2O2/c1-3(6(14)15)13-2-4(8)5(12-13)7(9,10)11/h2-3H,1H3,(H,14,15)/t3-/m0/s1. The maximum absolute atomic E-state index is 12.3. The van der Waals surface area contributed by atoms with E-state index in [2.05, 4.69) is 21.0 Å². The Labute approximate surface area is 90.8 Å². The molecular formula is C7H6BrF3N2O2. The molecule has 84 valence electrons. The quantitative estimate of drug-likeness (QED) is 0.908. The zero-order valence-corrected chi connectivity index (χ0v) is 9.00. The zero-order chi connectivity index (χ0) is 11.8. The smallest absolute Gasteiger partial charge is 0.436 e. The third-order valence-electron chi connectivity index (χ3n) is 1.71. The van der Waals surface area contributed by atoms with Crippen LogP contribution in [0.15, 0.2) is 10.7 Å². The Morgan fingerprint density at radius 2 is 2.20 bits per heavy atom. The van der Waals surface area contributed by atoms with Crippen molar-refractivity contribution in [2.24, 2.45) is 0 Å². The third kappa shape index (κ3) is 2.49.